The largest absolute Gasteiger partial charge is 0.478 e. The highest BCUT2D eigenvalue weighted by atomic mass is 32.1. The summed E-state index contributed by atoms with van der Waals surface area (Å²) in [7, 11) is 0. The Morgan fingerprint density at radius 1 is 0.920 bits per heavy atom. The number of carbonyl (C=O) groups is 1. The number of para-hydroxylation sites is 2. The molecule has 122 valence electrons. The number of anilines is 2. The number of aromatic nitrogens is 2. The number of hydrogen-bond donors (Lipinski definition) is 2. The number of benzene rings is 2. The van der Waals surface area contributed by atoms with Gasteiger partial charge in [-0.05, 0) is 47.8 Å². The third-order valence-corrected chi connectivity index (χ3v) is 4.60. The Morgan fingerprint density at radius 2 is 1.64 bits per heavy atom. The molecule has 4 rings (SSSR count). The minimum absolute atomic E-state index is 0.244. The maximum absolute atomic E-state index is 11.0. The van der Waals surface area contributed by atoms with E-state index in [2.05, 4.69) is 5.32 Å². The lowest BCUT2D eigenvalue weighted by atomic mass is 10.2. The first kappa shape index (κ1) is 15.3. The van der Waals surface area contributed by atoms with Crippen LogP contribution in [0.3, 0.4) is 0 Å². The molecule has 0 saturated carbocycles. The fourth-order valence-corrected chi connectivity index (χ4v) is 3.22. The Labute approximate surface area is 147 Å². The zero-order valence-corrected chi connectivity index (χ0v) is 13.8. The second-order valence-electron chi connectivity index (χ2n) is 5.39. The molecule has 0 aliphatic heterocycles. The second-order valence-corrected chi connectivity index (χ2v) is 6.34. The number of rotatable bonds is 4. The highest BCUT2D eigenvalue weighted by Gasteiger charge is 2.12. The lowest BCUT2D eigenvalue weighted by Gasteiger charge is -2.11. The SMILES string of the molecule is O=C(O)c1ccc(Nc2nc3ccccc3nc2-c2cccs2)cc1. The van der Waals surface area contributed by atoms with E-state index in [0.29, 0.717) is 5.82 Å². The molecule has 0 bridgehead atoms. The number of aromatic carboxylic acids is 1. The lowest BCUT2D eigenvalue weighted by Crippen LogP contribution is -2.00. The van der Waals surface area contributed by atoms with E-state index in [4.69, 9.17) is 15.1 Å². The molecule has 0 amide bonds. The van der Waals surface area contributed by atoms with Crippen LogP contribution in [0.1, 0.15) is 10.4 Å². The van der Waals surface area contributed by atoms with Crippen LogP contribution in [0.25, 0.3) is 21.6 Å². The molecule has 0 radical (unpaired) electrons. The van der Waals surface area contributed by atoms with Crippen LogP contribution in [-0.2, 0) is 0 Å². The van der Waals surface area contributed by atoms with Gasteiger partial charge in [-0.25, -0.2) is 14.8 Å². The molecule has 0 aliphatic rings. The molecule has 0 unspecified atom stereocenters. The van der Waals surface area contributed by atoms with Gasteiger partial charge in [0.15, 0.2) is 5.82 Å². The number of thiophene rings is 1. The molecular formula is C19H13N3O2S. The Hall–Kier alpha value is -3.25. The quantitative estimate of drug-likeness (QED) is 0.554. The van der Waals surface area contributed by atoms with Crippen molar-refractivity contribution in [2.45, 2.75) is 0 Å². The molecule has 0 saturated heterocycles. The summed E-state index contributed by atoms with van der Waals surface area (Å²) in [5, 5.41) is 14.3. The van der Waals surface area contributed by atoms with E-state index in [1.165, 1.54) is 0 Å². The minimum Gasteiger partial charge on any atom is -0.478 e. The number of hydrogen-bond acceptors (Lipinski definition) is 5. The molecule has 4 aromatic rings. The molecular weight excluding hydrogens is 334 g/mol. The van der Waals surface area contributed by atoms with E-state index < -0.39 is 5.97 Å². The normalized spacial score (nSPS) is 10.7. The van der Waals surface area contributed by atoms with E-state index in [-0.39, 0.29) is 5.56 Å². The Morgan fingerprint density at radius 3 is 2.28 bits per heavy atom. The van der Waals surface area contributed by atoms with E-state index in [1.54, 1.807) is 35.6 Å². The van der Waals surface area contributed by atoms with Crippen LogP contribution in [0.15, 0.2) is 66.0 Å². The molecule has 0 aliphatic carbocycles. The monoisotopic (exact) mass is 347 g/mol. The zero-order chi connectivity index (χ0) is 17.2. The van der Waals surface area contributed by atoms with Gasteiger partial charge in [0, 0.05) is 5.69 Å². The number of nitrogens with zero attached hydrogens (tertiary/aromatic N) is 2. The summed E-state index contributed by atoms with van der Waals surface area (Å²) in [6.45, 7) is 0. The Balaban J connectivity index is 1.79. The zero-order valence-electron chi connectivity index (χ0n) is 13.0. The van der Waals surface area contributed by atoms with Crippen LogP contribution in [0.5, 0.6) is 0 Å². The van der Waals surface area contributed by atoms with E-state index in [0.717, 1.165) is 27.3 Å². The van der Waals surface area contributed by atoms with Crippen molar-refractivity contribution >= 4 is 39.8 Å². The van der Waals surface area contributed by atoms with Crippen molar-refractivity contribution in [2.75, 3.05) is 5.32 Å². The first-order valence-corrected chi connectivity index (χ1v) is 8.50. The molecule has 2 heterocycles. The Bertz CT molecular complexity index is 1040. The third kappa shape index (κ3) is 3.07. The molecule has 0 spiro atoms. The van der Waals surface area contributed by atoms with E-state index >= 15 is 0 Å². The van der Waals surface area contributed by atoms with Crippen LogP contribution < -0.4 is 5.32 Å². The first-order chi connectivity index (χ1) is 12.2. The summed E-state index contributed by atoms with van der Waals surface area (Å²) in [6.07, 6.45) is 0. The van der Waals surface area contributed by atoms with E-state index in [9.17, 15) is 4.79 Å². The molecule has 0 fully saturated rings. The fraction of sp³-hybridized carbons (Fsp3) is 0. The minimum atomic E-state index is -0.948. The van der Waals surface area contributed by atoms with Gasteiger partial charge in [-0.3, -0.25) is 0 Å². The van der Waals surface area contributed by atoms with Crippen molar-refractivity contribution in [3.8, 4) is 10.6 Å². The van der Waals surface area contributed by atoms with E-state index in [1.807, 2.05) is 41.8 Å². The maximum Gasteiger partial charge on any atom is 0.335 e. The van der Waals surface area contributed by atoms with Crippen molar-refractivity contribution in [1.82, 2.24) is 9.97 Å². The first-order valence-electron chi connectivity index (χ1n) is 7.62. The van der Waals surface area contributed by atoms with Crippen LogP contribution in [0.4, 0.5) is 11.5 Å². The summed E-state index contributed by atoms with van der Waals surface area (Å²) in [5.74, 6) is -0.305. The van der Waals surface area contributed by atoms with Crippen molar-refractivity contribution in [3.63, 3.8) is 0 Å². The molecule has 2 aromatic heterocycles. The number of carboxylic acids is 1. The summed E-state index contributed by atoms with van der Waals surface area (Å²) < 4.78 is 0. The average molecular weight is 347 g/mol. The molecule has 0 atom stereocenters. The van der Waals surface area contributed by atoms with Gasteiger partial charge in [-0.2, -0.15) is 0 Å². The van der Waals surface area contributed by atoms with Crippen molar-refractivity contribution < 1.29 is 9.90 Å². The van der Waals surface area contributed by atoms with Crippen molar-refractivity contribution in [2.24, 2.45) is 0 Å². The van der Waals surface area contributed by atoms with Gasteiger partial charge in [-0.15, -0.1) is 11.3 Å². The molecule has 2 aromatic carbocycles. The van der Waals surface area contributed by atoms with Crippen molar-refractivity contribution in [1.29, 1.82) is 0 Å². The van der Waals surface area contributed by atoms with Gasteiger partial charge >= 0.3 is 5.97 Å². The van der Waals surface area contributed by atoms with Gasteiger partial charge in [-0.1, -0.05) is 18.2 Å². The van der Waals surface area contributed by atoms with Crippen LogP contribution >= 0.6 is 11.3 Å². The maximum atomic E-state index is 11.0. The van der Waals surface area contributed by atoms with Gasteiger partial charge in [0.05, 0.1) is 21.5 Å². The fourth-order valence-electron chi connectivity index (χ4n) is 2.51. The summed E-state index contributed by atoms with van der Waals surface area (Å²) in [4.78, 5) is 21.5. The summed E-state index contributed by atoms with van der Waals surface area (Å²) in [6, 6.07) is 18.2. The standard InChI is InChI=1S/C19H13N3O2S/c23-19(24)12-7-9-13(10-8-12)20-18-17(16-6-3-11-25-16)21-14-4-1-2-5-15(14)22-18/h1-11H,(H,20,22)(H,23,24). The van der Waals surface area contributed by atoms with Crippen LogP contribution in [0, 0.1) is 0 Å². The predicted molar refractivity (Wildman–Crippen MR) is 99.5 cm³/mol. The highest BCUT2D eigenvalue weighted by Crippen LogP contribution is 2.32. The third-order valence-electron chi connectivity index (χ3n) is 3.72. The van der Waals surface area contributed by atoms with Crippen LogP contribution in [-0.4, -0.2) is 21.0 Å². The lowest BCUT2D eigenvalue weighted by molar-refractivity contribution is 0.0697. The predicted octanol–water partition coefficient (Wildman–Crippen LogP) is 4.80. The molecule has 5 nitrogen and oxygen atoms in total. The molecule has 6 heteroatoms. The molecule has 25 heavy (non-hydrogen) atoms. The van der Waals surface area contributed by atoms with Crippen LogP contribution in [0.2, 0.25) is 0 Å². The second kappa shape index (κ2) is 6.33. The highest BCUT2D eigenvalue weighted by molar-refractivity contribution is 7.13. The van der Waals surface area contributed by atoms with Crippen molar-refractivity contribution in [3.05, 3.63) is 71.6 Å². The van der Waals surface area contributed by atoms with Gasteiger partial charge in [0.2, 0.25) is 0 Å². The number of nitrogens with one attached hydrogen (secondary N) is 1. The number of carboxylic acid groups (broad SMARTS) is 1. The summed E-state index contributed by atoms with van der Waals surface area (Å²) >= 11 is 1.60. The summed E-state index contributed by atoms with van der Waals surface area (Å²) in [5.41, 5.74) is 3.40. The molecule has 2 N–H and O–H groups in total. The smallest absolute Gasteiger partial charge is 0.335 e. The van der Waals surface area contributed by atoms with Gasteiger partial charge < -0.3 is 10.4 Å². The average Bonchev–Trinajstić information content (AvgIpc) is 3.16. The van der Waals surface area contributed by atoms with Gasteiger partial charge in [0.25, 0.3) is 0 Å². The van der Waals surface area contributed by atoms with Gasteiger partial charge in [0.1, 0.15) is 5.69 Å². The topological polar surface area (TPSA) is 75.1 Å². The Kier molecular flexibility index (Phi) is 3.87. The number of fused-ring (bicyclic) bond motifs is 1.